The van der Waals surface area contributed by atoms with Gasteiger partial charge >= 0.3 is 6.18 Å². The highest BCUT2D eigenvalue weighted by molar-refractivity contribution is 7.10. The smallest absolute Gasteiger partial charge is 0.374 e. The van der Waals surface area contributed by atoms with Crippen LogP contribution < -0.4 is 15.4 Å². The van der Waals surface area contributed by atoms with Gasteiger partial charge < -0.3 is 14.5 Å². The summed E-state index contributed by atoms with van der Waals surface area (Å²) in [4.78, 5) is 21.8. The van der Waals surface area contributed by atoms with Crippen molar-refractivity contribution in [3.8, 4) is 0 Å². The molecule has 3 aliphatic rings. The maximum Gasteiger partial charge on any atom is 0.408 e. The van der Waals surface area contributed by atoms with E-state index in [0.29, 0.717) is 25.4 Å². The van der Waals surface area contributed by atoms with Crippen molar-refractivity contribution < 1.29 is 17.9 Å². The lowest BCUT2D eigenvalue weighted by atomic mass is 10.1. The monoisotopic (exact) mass is 440 g/mol. The summed E-state index contributed by atoms with van der Waals surface area (Å²) in [6, 6.07) is 1.92. The highest BCUT2D eigenvalue weighted by Crippen LogP contribution is 2.36. The minimum Gasteiger partial charge on any atom is -0.374 e. The lowest BCUT2D eigenvalue weighted by Crippen LogP contribution is -2.53. The van der Waals surface area contributed by atoms with Gasteiger partial charge in [-0.1, -0.05) is 0 Å². The first-order chi connectivity index (χ1) is 14.3. The average Bonchev–Trinajstić information content (AvgIpc) is 3.42. The van der Waals surface area contributed by atoms with E-state index in [1.54, 1.807) is 11.3 Å². The second kappa shape index (κ2) is 7.26. The molecule has 0 aliphatic carbocycles. The van der Waals surface area contributed by atoms with Crippen molar-refractivity contribution >= 4 is 23.1 Å². The van der Waals surface area contributed by atoms with Gasteiger partial charge in [0, 0.05) is 30.6 Å². The van der Waals surface area contributed by atoms with E-state index in [0.717, 1.165) is 16.9 Å². The first kappa shape index (κ1) is 19.9. The fraction of sp³-hybridized carbons (Fsp3) is 0.600. The van der Waals surface area contributed by atoms with Gasteiger partial charge in [0.2, 0.25) is 5.95 Å². The Kier molecular flexibility index (Phi) is 4.81. The SMILES string of the molecule is Cc1ccsc1CCN1c2nc(N3CC4CC3CO4)cc(=O)n2CCC1C(F)(F)F. The van der Waals surface area contributed by atoms with Crippen LogP contribution in [-0.4, -0.2) is 53.6 Å². The summed E-state index contributed by atoms with van der Waals surface area (Å²) in [7, 11) is 0. The Morgan fingerprint density at radius 1 is 1.37 bits per heavy atom. The van der Waals surface area contributed by atoms with E-state index >= 15 is 0 Å². The zero-order valence-electron chi connectivity index (χ0n) is 16.6. The number of anilines is 2. The summed E-state index contributed by atoms with van der Waals surface area (Å²) in [6.07, 6.45) is -3.07. The third-order valence-corrected chi connectivity index (χ3v) is 7.44. The van der Waals surface area contributed by atoms with Crippen LogP contribution in [0.1, 0.15) is 23.3 Å². The standard InChI is InChI=1S/C20H23F3N4O2S/c1-12-4-7-30-15(12)2-5-25-16(20(21,22)23)3-6-26-18(28)9-17(24-19(25)26)27-10-14-8-13(27)11-29-14/h4,7,9,13-14,16H,2-3,5-6,8,10-11H2,1H3. The molecule has 2 bridgehead atoms. The summed E-state index contributed by atoms with van der Waals surface area (Å²) < 4.78 is 48.6. The van der Waals surface area contributed by atoms with Crippen molar-refractivity contribution in [2.75, 3.05) is 29.5 Å². The molecule has 0 spiro atoms. The number of thiophene rings is 1. The summed E-state index contributed by atoms with van der Waals surface area (Å²) in [5.41, 5.74) is 0.782. The maximum absolute atomic E-state index is 13.9. The van der Waals surface area contributed by atoms with Crippen LogP contribution in [0.3, 0.4) is 0 Å². The molecule has 3 aliphatic heterocycles. The van der Waals surface area contributed by atoms with Crippen molar-refractivity contribution in [1.82, 2.24) is 9.55 Å². The number of aryl methyl sites for hydroxylation is 1. The molecule has 0 amide bonds. The molecule has 10 heteroatoms. The van der Waals surface area contributed by atoms with Gasteiger partial charge in [-0.05, 0) is 43.2 Å². The van der Waals surface area contributed by atoms with E-state index in [-0.39, 0.29) is 43.2 Å². The van der Waals surface area contributed by atoms with Crippen molar-refractivity contribution in [3.05, 3.63) is 38.3 Å². The van der Waals surface area contributed by atoms with E-state index in [2.05, 4.69) is 4.98 Å². The van der Waals surface area contributed by atoms with Crippen LogP contribution in [0.15, 0.2) is 22.3 Å². The van der Waals surface area contributed by atoms with Gasteiger partial charge in [0.05, 0.1) is 18.8 Å². The molecular weight excluding hydrogens is 417 g/mol. The van der Waals surface area contributed by atoms with Crippen LogP contribution in [0, 0.1) is 6.92 Å². The normalized spacial score (nSPS) is 25.8. The number of ether oxygens (including phenoxy) is 1. The summed E-state index contributed by atoms with van der Waals surface area (Å²) >= 11 is 1.54. The Hall–Kier alpha value is -2.07. The number of halogens is 3. The van der Waals surface area contributed by atoms with Crippen LogP contribution in [0.2, 0.25) is 0 Å². The fourth-order valence-electron chi connectivity index (χ4n) is 4.76. The second-order valence-corrected chi connectivity index (χ2v) is 9.22. The third-order valence-electron chi connectivity index (χ3n) is 6.35. The molecule has 162 valence electrons. The van der Waals surface area contributed by atoms with Crippen molar-refractivity contribution in [2.45, 2.75) is 57.1 Å². The zero-order chi connectivity index (χ0) is 21.0. The first-order valence-electron chi connectivity index (χ1n) is 10.2. The molecule has 0 N–H and O–H groups in total. The molecule has 5 heterocycles. The molecule has 2 aromatic rings. The fourth-order valence-corrected chi connectivity index (χ4v) is 5.66. The number of rotatable bonds is 4. The van der Waals surface area contributed by atoms with E-state index < -0.39 is 12.2 Å². The zero-order valence-corrected chi connectivity index (χ0v) is 17.4. The van der Waals surface area contributed by atoms with Crippen molar-refractivity contribution in [3.63, 3.8) is 0 Å². The number of alkyl halides is 3. The third kappa shape index (κ3) is 3.39. The lowest BCUT2D eigenvalue weighted by Gasteiger charge is -2.39. The van der Waals surface area contributed by atoms with Gasteiger partial charge in [-0.15, -0.1) is 11.3 Å². The largest absolute Gasteiger partial charge is 0.408 e. The van der Waals surface area contributed by atoms with Crippen LogP contribution in [0.5, 0.6) is 0 Å². The van der Waals surface area contributed by atoms with Gasteiger partial charge in [-0.25, -0.2) is 0 Å². The number of hydrogen-bond acceptors (Lipinski definition) is 6. The first-order valence-corrected chi connectivity index (χ1v) is 11.1. The number of morpholine rings is 1. The minimum atomic E-state index is -4.38. The molecular formula is C20H23F3N4O2S. The Morgan fingerprint density at radius 2 is 2.20 bits per heavy atom. The quantitative estimate of drug-likeness (QED) is 0.732. The van der Waals surface area contributed by atoms with E-state index in [4.69, 9.17) is 4.74 Å². The second-order valence-electron chi connectivity index (χ2n) is 8.22. The van der Waals surface area contributed by atoms with Crippen molar-refractivity contribution in [2.24, 2.45) is 0 Å². The summed E-state index contributed by atoms with van der Waals surface area (Å²) in [5, 5.41) is 1.95. The summed E-state index contributed by atoms with van der Waals surface area (Å²) in [5.74, 6) is 0.589. The Bertz CT molecular complexity index is 1000. The van der Waals surface area contributed by atoms with E-state index in [1.807, 2.05) is 23.3 Å². The average molecular weight is 440 g/mol. The van der Waals surface area contributed by atoms with Crippen LogP contribution in [0.25, 0.3) is 0 Å². The molecule has 5 rings (SSSR count). The molecule has 0 radical (unpaired) electrons. The molecule has 0 saturated carbocycles. The molecule has 3 atom stereocenters. The lowest BCUT2D eigenvalue weighted by molar-refractivity contribution is -0.152. The maximum atomic E-state index is 13.9. The molecule has 3 unspecified atom stereocenters. The topological polar surface area (TPSA) is 50.6 Å². The molecule has 6 nitrogen and oxygen atoms in total. The number of fused-ring (bicyclic) bond motifs is 3. The van der Waals surface area contributed by atoms with Crippen LogP contribution in [-0.2, 0) is 17.7 Å². The molecule has 2 fully saturated rings. The Labute approximate surface area is 175 Å². The number of hydrogen-bond donors (Lipinski definition) is 0. The highest BCUT2D eigenvalue weighted by Gasteiger charge is 2.47. The molecule has 30 heavy (non-hydrogen) atoms. The van der Waals surface area contributed by atoms with Crippen LogP contribution in [0.4, 0.5) is 24.9 Å². The number of nitrogens with zero attached hydrogens (tertiary/aromatic N) is 4. The predicted molar refractivity (Wildman–Crippen MR) is 109 cm³/mol. The van der Waals surface area contributed by atoms with Gasteiger partial charge in [-0.3, -0.25) is 9.36 Å². The van der Waals surface area contributed by atoms with E-state index in [1.165, 1.54) is 15.5 Å². The highest BCUT2D eigenvalue weighted by atomic mass is 32.1. The van der Waals surface area contributed by atoms with Gasteiger partial charge in [-0.2, -0.15) is 18.2 Å². The van der Waals surface area contributed by atoms with Gasteiger partial charge in [0.15, 0.2) is 0 Å². The molecule has 0 aromatic carbocycles. The van der Waals surface area contributed by atoms with Gasteiger partial charge in [0.1, 0.15) is 11.9 Å². The van der Waals surface area contributed by atoms with Crippen molar-refractivity contribution in [1.29, 1.82) is 0 Å². The summed E-state index contributed by atoms with van der Waals surface area (Å²) in [6.45, 7) is 3.34. The number of aromatic nitrogens is 2. The predicted octanol–water partition coefficient (Wildman–Crippen LogP) is 2.97. The van der Waals surface area contributed by atoms with Gasteiger partial charge in [0.25, 0.3) is 5.56 Å². The van der Waals surface area contributed by atoms with E-state index in [9.17, 15) is 18.0 Å². The van der Waals surface area contributed by atoms with Crippen LogP contribution >= 0.6 is 11.3 Å². The molecule has 2 saturated heterocycles. The Balaban J connectivity index is 1.51. The minimum absolute atomic E-state index is 0.0231. The molecule has 2 aromatic heterocycles. The Morgan fingerprint density at radius 3 is 2.83 bits per heavy atom.